The molecule has 2 aromatic rings. The lowest BCUT2D eigenvalue weighted by Gasteiger charge is -2.12. The zero-order chi connectivity index (χ0) is 15.2. The van der Waals surface area contributed by atoms with Crippen molar-refractivity contribution in [2.75, 3.05) is 6.61 Å². The Morgan fingerprint density at radius 3 is 2.81 bits per heavy atom. The summed E-state index contributed by atoms with van der Waals surface area (Å²) in [6.45, 7) is 2.61. The molecule has 0 aliphatic rings. The molecule has 0 unspecified atom stereocenters. The molecular weight excluding hydrogens is 274 g/mol. The number of aryl methyl sites for hydroxylation is 1. The lowest BCUT2D eigenvalue weighted by atomic mass is 10.2. The summed E-state index contributed by atoms with van der Waals surface area (Å²) < 4.78 is 12.8. The molecule has 8 heteroatoms. The highest BCUT2D eigenvalue weighted by atomic mass is 16.5. The first-order valence-electron chi connectivity index (χ1n) is 6.36. The average Bonchev–Trinajstić information content (AvgIpc) is 2.91. The third-order valence-corrected chi connectivity index (χ3v) is 2.67. The Labute approximate surface area is 121 Å². The van der Waals surface area contributed by atoms with Crippen LogP contribution in [0.1, 0.15) is 18.2 Å². The van der Waals surface area contributed by atoms with E-state index in [0.717, 1.165) is 0 Å². The average molecular weight is 291 g/mol. The fourth-order valence-corrected chi connectivity index (χ4v) is 1.73. The van der Waals surface area contributed by atoms with Gasteiger partial charge in [-0.1, -0.05) is 10.4 Å². The van der Waals surface area contributed by atoms with Crippen LogP contribution in [-0.4, -0.2) is 32.6 Å². The number of aromatic nitrogens is 3. The molecule has 3 N–H and O–H groups in total. The number of nitrogens with two attached hydrogens (primary N) is 1. The molecular formula is C13H17N5O3. The van der Waals surface area contributed by atoms with Crippen LogP contribution in [0.5, 0.6) is 11.5 Å². The van der Waals surface area contributed by atoms with Crippen molar-refractivity contribution in [1.82, 2.24) is 15.0 Å². The predicted octanol–water partition coefficient (Wildman–Crippen LogP) is 0.887. The Morgan fingerprint density at radius 2 is 2.19 bits per heavy atom. The molecule has 0 aliphatic carbocycles. The molecule has 0 spiro atoms. The van der Waals surface area contributed by atoms with Crippen LogP contribution in [0.15, 0.2) is 29.6 Å². The second-order valence-corrected chi connectivity index (χ2v) is 4.25. The van der Waals surface area contributed by atoms with Gasteiger partial charge in [0.05, 0.1) is 12.8 Å². The molecule has 0 bridgehead atoms. The topological polar surface area (TPSA) is 108 Å². The van der Waals surface area contributed by atoms with Crippen molar-refractivity contribution in [2.45, 2.75) is 13.5 Å². The monoisotopic (exact) mass is 291 g/mol. The van der Waals surface area contributed by atoms with Crippen LogP contribution >= 0.6 is 0 Å². The Bertz CT molecular complexity index is 638. The van der Waals surface area contributed by atoms with Crippen LogP contribution in [0.25, 0.3) is 0 Å². The Balaban J connectivity index is 2.17. The Hall–Kier alpha value is -2.77. The van der Waals surface area contributed by atoms with Crippen LogP contribution in [-0.2, 0) is 13.7 Å². The van der Waals surface area contributed by atoms with Gasteiger partial charge in [-0.2, -0.15) is 0 Å². The molecule has 0 aliphatic heterocycles. The van der Waals surface area contributed by atoms with Crippen LogP contribution in [0.2, 0.25) is 0 Å². The van der Waals surface area contributed by atoms with E-state index < -0.39 is 0 Å². The lowest BCUT2D eigenvalue weighted by molar-refractivity contribution is 0.266. The van der Waals surface area contributed by atoms with E-state index in [2.05, 4.69) is 15.5 Å². The summed E-state index contributed by atoms with van der Waals surface area (Å²) in [7, 11) is 1.79. The number of hydrogen-bond donors (Lipinski definition) is 2. The molecule has 0 amide bonds. The smallest absolute Gasteiger partial charge is 0.170 e. The maximum absolute atomic E-state index is 8.71. The normalized spacial score (nSPS) is 11.4. The quantitative estimate of drug-likeness (QED) is 0.354. The summed E-state index contributed by atoms with van der Waals surface area (Å²) in [6, 6.07) is 5.04. The molecule has 1 aromatic heterocycles. The van der Waals surface area contributed by atoms with Crippen molar-refractivity contribution in [3.8, 4) is 11.5 Å². The third-order valence-electron chi connectivity index (χ3n) is 2.67. The second-order valence-electron chi connectivity index (χ2n) is 4.25. The molecule has 112 valence electrons. The maximum atomic E-state index is 8.71. The third kappa shape index (κ3) is 3.62. The molecule has 1 aromatic carbocycles. The van der Waals surface area contributed by atoms with Crippen molar-refractivity contribution in [3.63, 3.8) is 0 Å². The standard InChI is InChI=1S/C13H17N5O3/c1-3-20-12-6-9(13(14)16-19)4-5-11(12)21-8-10-7-18(2)17-15-10/h4-7,19H,3,8H2,1-2H3,(H2,14,16). The van der Waals surface area contributed by atoms with Crippen molar-refractivity contribution in [2.24, 2.45) is 17.9 Å². The van der Waals surface area contributed by atoms with E-state index in [4.69, 9.17) is 20.4 Å². The van der Waals surface area contributed by atoms with Gasteiger partial charge in [-0.25, -0.2) is 0 Å². The molecule has 0 saturated heterocycles. The van der Waals surface area contributed by atoms with Gasteiger partial charge in [0, 0.05) is 12.6 Å². The fourth-order valence-electron chi connectivity index (χ4n) is 1.73. The number of amidine groups is 1. The van der Waals surface area contributed by atoms with E-state index in [9.17, 15) is 0 Å². The molecule has 1 heterocycles. The SMILES string of the molecule is CCOc1cc(/C(N)=N/O)ccc1OCc1cn(C)nn1. The van der Waals surface area contributed by atoms with Crippen LogP contribution in [0.4, 0.5) is 0 Å². The van der Waals surface area contributed by atoms with Crippen molar-refractivity contribution in [1.29, 1.82) is 0 Å². The molecule has 21 heavy (non-hydrogen) atoms. The van der Waals surface area contributed by atoms with Gasteiger partial charge in [0.1, 0.15) is 12.3 Å². The van der Waals surface area contributed by atoms with Gasteiger partial charge in [0.15, 0.2) is 17.3 Å². The molecule has 0 radical (unpaired) electrons. The fraction of sp³-hybridized carbons (Fsp3) is 0.308. The first-order chi connectivity index (χ1) is 10.1. The minimum absolute atomic E-state index is 0.0106. The summed E-state index contributed by atoms with van der Waals surface area (Å²) in [4.78, 5) is 0. The molecule has 0 saturated carbocycles. The zero-order valence-corrected chi connectivity index (χ0v) is 11.9. The van der Waals surface area contributed by atoms with Gasteiger partial charge < -0.3 is 20.4 Å². The van der Waals surface area contributed by atoms with E-state index in [0.29, 0.717) is 29.4 Å². The largest absolute Gasteiger partial charge is 0.490 e. The van der Waals surface area contributed by atoms with Crippen LogP contribution in [0, 0.1) is 0 Å². The Kier molecular flexibility index (Phi) is 4.60. The summed E-state index contributed by atoms with van der Waals surface area (Å²) in [5.74, 6) is 1.08. The van der Waals surface area contributed by atoms with Gasteiger partial charge >= 0.3 is 0 Å². The molecule has 2 rings (SSSR count). The minimum atomic E-state index is 0.0106. The van der Waals surface area contributed by atoms with Crippen molar-refractivity contribution >= 4 is 5.84 Å². The number of ether oxygens (including phenoxy) is 2. The van der Waals surface area contributed by atoms with Crippen LogP contribution < -0.4 is 15.2 Å². The van der Waals surface area contributed by atoms with Gasteiger partial charge in [0.2, 0.25) is 0 Å². The number of rotatable bonds is 6. The lowest BCUT2D eigenvalue weighted by Crippen LogP contribution is -2.13. The van der Waals surface area contributed by atoms with Crippen molar-refractivity contribution < 1.29 is 14.7 Å². The second kappa shape index (κ2) is 6.60. The van der Waals surface area contributed by atoms with Gasteiger partial charge in [0.25, 0.3) is 0 Å². The Morgan fingerprint density at radius 1 is 1.38 bits per heavy atom. The highest BCUT2D eigenvalue weighted by Crippen LogP contribution is 2.29. The maximum Gasteiger partial charge on any atom is 0.170 e. The predicted molar refractivity (Wildman–Crippen MR) is 75.5 cm³/mol. The highest BCUT2D eigenvalue weighted by molar-refractivity contribution is 5.97. The minimum Gasteiger partial charge on any atom is -0.490 e. The van der Waals surface area contributed by atoms with E-state index in [1.807, 2.05) is 6.92 Å². The van der Waals surface area contributed by atoms with Gasteiger partial charge in [-0.15, -0.1) is 5.10 Å². The van der Waals surface area contributed by atoms with Gasteiger partial charge in [-0.3, -0.25) is 4.68 Å². The number of oxime groups is 1. The summed E-state index contributed by atoms with van der Waals surface area (Å²) >= 11 is 0. The van der Waals surface area contributed by atoms with E-state index in [1.165, 1.54) is 0 Å². The summed E-state index contributed by atoms with van der Waals surface area (Å²) in [5, 5.41) is 19.4. The van der Waals surface area contributed by atoms with Crippen molar-refractivity contribution in [3.05, 3.63) is 35.7 Å². The van der Waals surface area contributed by atoms with E-state index >= 15 is 0 Å². The first-order valence-corrected chi connectivity index (χ1v) is 6.36. The zero-order valence-electron chi connectivity index (χ0n) is 11.9. The molecule has 0 atom stereocenters. The number of benzene rings is 1. The molecule has 0 fully saturated rings. The van der Waals surface area contributed by atoms with E-state index in [-0.39, 0.29) is 12.4 Å². The van der Waals surface area contributed by atoms with E-state index in [1.54, 1.807) is 36.1 Å². The number of hydrogen-bond acceptors (Lipinski definition) is 6. The molecule has 8 nitrogen and oxygen atoms in total. The summed E-state index contributed by atoms with van der Waals surface area (Å²) in [6.07, 6.45) is 1.77. The highest BCUT2D eigenvalue weighted by Gasteiger charge is 2.10. The number of nitrogens with zero attached hydrogens (tertiary/aromatic N) is 4. The van der Waals surface area contributed by atoms with Gasteiger partial charge in [-0.05, 0) is 25.1 Å². The van der Waals surface area contributed by atoms with Crippen LogP contribution in [0.3, 0.4) is 0 Å². The summed E-state index contributed by atoms with van der Waals surface area (Å²) in [5.41, 5.74) is 6.82. The first kappa shape index (κ1) is 14.6.